The number of hydrogen-bond donors (Lipinski definition) is 1. The molecule has 0 saturated heterocycles. The van der Waals surface area contributed by atoms with E-state index in [2.05, 4.69) is 54.7 Å². The largest absolute Gasteiger partial charge is 0.493 e. The van der Waals surface area contributed by atoms with Gasteiger partial charge in [-0.3, -0.25) is 0 Å². The van der Waals surface area contributed by atoms with Crippen molar-refractivity contribution in [1.29, 1.82) is 0 Å². The molecule has 4 rings (SSSR count). The van der Waals surface area contributed by atoms with Gasteiger partial charge in [0.25, 0.3) is 0 Å². The zero-order valence-electron chi connectivity index (χ0n) is 20.9. The molecule has 5 heteroatoms. The molecule has 0 aliphatic carbocycles. The summed E-state index contributed by atoms with van der Waals surface area (Å²) in [5.41, 5.74) is 4.68. The van der Waals surface area contributed by atoms with E-state index in [4.69, 9.17) is 18.9 Å². The normalized spacial score (nSPS) is 15.0. The number of hydrogen-bond acceptors (Lipinski definition) is 5. The first-order valence-corrected chi connectivity index (χ1v) is 12.3. The van der Waals surface area contributed by atoms with Crippen LogP contribution >= 0.6 is 0 Å². The molecule has 0 spiro atoms. The summed E-state index contributed by atoms with van der Waals surface area (Å²) in [6.45, 7) is 4.27. The van der Waals surface area contributed by atoms with E-state index in [9.17, 15) is 0 Å². The molecule has 1 aliphatic rings. The standard InChI is InChI=1S/C30H35NO4/c1-4-5-17-34-27-14-12-22(18-28(27)32-2)11-13-26-25-20-29(33-3)30(19-24(25)15-16-31-26)35-21-23-9-7-6-8-10-23/h6-14,18-20,26,31H,4-5,15-17,21H2,1-3H3/b13-11+. The van der Waals surface area contributed by atoms with Gasteiger partial charge < -0.3 is 24.3 Å². The van der Waals surface area contributed by atoms with Crippen LogP contribution in [0.5, 0.6) is 23.0 Å². The number of unbranched alkanes of at least 4 members (excludes halogenated alkanes) is 1. The van der Waals surface area contributed by atoms with Crippen molar-refractivity contribution < 1.29 is 18.9 Å². The minimum Gasteiger partial charge on any atom is -0.493 e. The quantitative estimate of drug-likeness (QED) is 0.328. The molecule has 184 valence electrons. The Labute approximate surface area is 208 Å². The van der Waals surface area contributed by atoms with Crippen LogP contribution in [0.3, 0.4) is 0 Å². The van der Waals surface area contributed by atoms with Crippen LogP contribution in [0.1, 0.15) is 48.1 Å². The fourth-order valence-electron chi connectivity index (χ4n) is 4.22. The first-order chi connectivity index (χ1) is 17.2. The molecular weight excluding hydrogens is 438 g/mol. The lowest BCUT2D eigenvalue weighted by molar-refractivity contribution is 0.283. The number of benzene rings is 3. The van der Waals surface area contributed by atoms with Crippen molar-refractivity contribution in [3.63, 3.8) is 0 Å². The molecule has 35 heavy (non-hydrogen) atoms. The number of rotatable bonds is 11. The molecular formula is C30H35NO4. The molecule has 0 amide bonds. The van der Waals surface area contributed by atoms with E-state index < -0.39 is 0 Å². The SMILES string of the molecule is CCCCOc1ccc(/C=C/C2NCCc3cc(OCc4ccccc4)c(OC)cc32)cc1OC. The van der Waals surface area contributed by atoms with Crippen molar-refractivity contribution >= 4 is 6.08 Å². The first-order valence-electron chi connectivity index (χ1n) is 12.3. The van der Waals surface area contributed by atoms with E-state index >= 15 is 0 Å². The predicted octanol–water partition coefficient (Wildman–Crippen LogP) is 6.36. The summed E-state index contributed by atoms with van der Waals surface area (Å²) in [5.74, 6) is 3.06. The molecule has 3 aromatic carbocycles. The number of fused-ring (bicyclic) bond motifs is 1. The molecule has 0 bridgehead atoms. The summed E-state index contributed by atoms with van der Waals surface area (Å²) in [4.78, 5) is 0. The second kappa shape index (κ2) is 12.3. The van der Waals surface area contributed by atoms with Gasteiger partial charge in [0, 0.05) is 6.54 Å². The molecule has 5 nitrogen and oxygen atoms in total. The second-order valence-electron chi connectivity index (χ2n) is 8.63. The number of methoxy groups -OCH3 is 2. The van der Waals surface area contributed by atoms with Crippen molar-refractivity contribution in [2.24, 2.45) is 0 Å². The lowest BCUT2D eigenvalue weighted by Gasteiger charge is -2.26. The Hall–Kier alpha value is -3.44. The maximum absolute atomic E-state index is 6.13. The van der Waals surface area contributed by atoms with Crippen LogP contribution in [-0.2, 0) is 13.0 Å². The van der Waals surface area contributed by atoms with Crippen molar-refractivity contribution in [1.82, 2.24) is 5.32 Å². The fraction of sp³-hybridized carbons (Fsp3) is 0.333. The second-order valence-corrected chi connectivity index (χ2v) is 8.63. The van der Waals surface area contributed by atoms with Gasteiger partial charge in [-0.15, -0.1) is 0 Å². The summed E-state index contributed by atoms with van der Waals surface area (Å²) in [5, 5.41) is 3.61. The molecule has 0 saturated carbocycles. The summed E-state index contributed by atoms with van der Waals surface area (Å²) in [6, 6.07) is 20.6. The first kappa shape index (κ1) is 24.7. The van der Waals surface area contributed by atoms with E-state index in [1.165, 1.54) is 11.1 Å². The highest BCUT2D eigenvalue weighted by Crippen LogP contribution is 2.37. The van der Waals surface area contributed by atoms with Gasteiger partial charge in [-0.2, -0.15) is 0 Å². The van der Waals surface area contributed by atoms with Crippen molar-refractivity contribution in [2.75, 3.05) is 27.4 Å². The lowest BCUT2D eigenvalue weighted by Crippen LogP contribution is -2.28. The van der Waals surface area contributed by atoms with Gasteiger partial charge in [-0.05, 0) is 59.4 Å². The predicted molar refractivity (Wildman–Crippen MR) is 141 cm³/mol. The van der Waals surface area contributed by atoms with Crippen molar-refractivity contribution in [3.8, 4) is 23.0 Å². The monoisotopic (exact) mass is 473 g/mol. The van der Waals surface area contributed by atoms with Crippen molar-refractivity contribution in [2.45, 2.75) is 38.8 Å². The summed E-state index contributed by atoms with van der Waals surface area (Å²) < 4.78 is 23.2. The van der Waals surface area contributed by atoms with Crippen LogP contribution < -0.4 is 24.3 Å². The van der Waals surface area contributed by atoms with Gasteiger partial charge >= 0.3 is 0 Å². The maximum atomic E-state index is 6.13. The maximum Gasteiger partial charge on any atom is 0.161 e. The minimum absolute atomic E-state index is 0.0855. The Morgan fingerprint density at radius 1 is 0.886 bits per heavy atom. The Bertz CT molecular complexity index is 1130. The zero-order valence-corrected chi connectivity index (χ0v) is 20.9. The number of ether oxygens (including phenoxy) is 4. The molecule has 0 aromatic heterocycles. The molecule has 1 atom stereocenters. The molecule has 1 heterocycles. The van der Waals surface area contributed by atoms with Gasteiger partial charge in [0.15, 0.2) is 23.0 Å². The average molecular weight is 474 g/mol. The van der Waals surface area contributed by atoms with Gasteiger partial charge in [0.05, 0.1) is 26.9 Å². The molecule has 1 unspecified atom stereocenters. The van der Waals surface area contributed by atoms with Crippen LogP contribution in [0, 0.1) is 0 Å². The highest BCUT2D eigenvalue weighted by molar-refractivity contribution is 5.58. The van der Waals surface area contributed by atoms with Gasteiger partial charge in [-0.1, -0.05) is 61.9 Å². The van der Waals surface area contributed by atoms with E-state index in [1.54, 1.807) is 14.2 Å². The highest BCUT2D eigenvalue weighted by atomic mass is 16.5. The summed E-state index contributed by atoms with van der Waals surface area (Å²) in [6.07, 6.45) is 7.39. The highest BCUT2D eigenvalue weighted by Gasteiger charge is 2.21. The molecule has 0 radical (unpaired) electrons. The molecule has 0 fully saturated rings. The third-order valence-corrected chi connectivity index (χ3v) is 6.18. The van der Waals surface area contributed by atoms with E-state index in [0.717, 1.165) is 59.9 Å². The minimum atomic E-state index is 0.0855. The smallest absolute Gasteiger partial charge is 0.161 e. The van der Waals surface area contributed by atoms with E-state index in [0.29, 0.717) is 13.2 Å². The molecule has 1 aliphatic heterocycles. The van der Waals surface area contributed by atoms with Crippen LogP contribution in [0.25, 0.3) is 6.08 Å². The average Bonchev–Trinajstić information content (AvgIpc) is 2.91. The Kier molecular flexibility index (Phi) is 8.68. The third kappa shape index (κ3) is 6.37. The van der Waals surface area contributed by atoms with Crippen LogP contribution in [0.15, 0.2) is 66.7 Å². The molecule has 1 N–H and O–H groups in total. The third-order valence-electron chi connectivity index (χ3n) is 6.18. The zero-order chi connectivity index (χ0) is 24.5. The topological polar surface area (TPSA) is 49.0 Å². The summed E-state index contributed by atoms with van der Waals surface area (Å²) in [7, 11) is 3.37. The van der Waals surface area contributed by atoms with Crippen LogP contribution in [-0.4, -0.2) is 27.4 Å². The molecule has 3 aromatic rings. The van der Waals surface area contributed by atoms with E-state index in [1.807, 2.05) is 30.3 Å². The van der Waals surface area contributed by atoms with E-state index in [-0.39, 0.29) is 6.04 Å². The van der Waals surface area contributed by atoms with Crippen LogP contribution in [0.4, 0.5) is 0 Å². The van der Waals surface area contributed by atoms with Gasteiger partial charge in [0.1, 0.15) is 6.61 Å². The number of nitrogens with one attached hydrogen (secondary N) is 1. The summed E-state index contributed by atoms with van der Waals surface area (Å²) >= 11 is 0. The Balaban J connectivity index is 1.50. The Morgan fingerprint density at radius 3 is 2.46 bits per heavy atom. The fourth-order valence-corrected chi connectivity index (χ4v) is 4.22. The van der Waals surface area contributed by atoms with Gasteiger partial charge in [0.2, 0.25) is 0 Å². The van der Waals surface area contributed by atoms with Crippen LogP contribution in [0.2, 0.25) is 0 Å². The lowest BCUT2D eigenvalue weighted by atomic mass is 9.93. The van der Waals surface area contributed by atoms with Gasteiger partial charge in [-0.25, -0.2) is 0 Å². The Morgan fingerprint density at radius 2 is 1.69 bits per heavy atom. The van der Waals surface area contributed by atoms with Crippen molar-refractivity contribution in [3.05, 3.63) is 89.0 Å².